The molecule has 2 N–H and O–H groups in total. The van der Waals surface area contributed by atoms with E-state index in [9.17, 15) is 4.79 Å². The SMILES string of the molecule is Cc1ccc(C)c(NC(=S)N2CCC(n3c(=O)[nH]c4ccccc43)CC2)c1. The summed E-state index contributed by atoms with van der Waals surface area (Å²) in [5, 5.41) is 4.15. The molecule has 0 saturated carbocycles. The normalized spacial score (nSPS) is 15.3. The number of aromatic amines is 1. The molecule has 0 radical (unpaired) electrons. The Balaban J connectivity index is 1.45. The van der Waals surface area contributed by atoms with Gasteiger partial charge >= 0.3 is 5.69 Å². The van der Waals surface area contributed by atoms with Gasteiger partial charge in [-0.25, -0.2) is 4.79 Å². The summed E-state index contributed by atoms with van der Waals surface area (Å²) in [5.74, 6) is 0. The van der Waals surface area contributed by atoms with Crippen molar-refractivity contribution in [2.45, 2.75) is 32.7 Å². The number of fused-ring (bicyclic) bond motifs is 1. The number of anilines is 1. The molecule has 2 aromatic carbocycles. The zero-order valence-electron chi connectivity index (χ0n) is 15.7. The topological polar surface area (TPSA) is 53.1 Å². The molecule has 1 aliphatic rings. The fraction of sp³-hybridized carbons (Fsp3) is 0.333. The second-order valence-electron chi connectivity index (χ2n) is 7.28. The minimum Gasteiger partial charge on any atom is -0.349 e. The van der Waals surface area contributed by atoms with Crippen LogP contribution in [-0.2, 0) is 0 Å². The Bertz CT molecular complexity index is 1040. The van der Waals surface area contributed by atoms with Crippen LogP contribution < -0.4 is 11.0 Å². The van der Waals surface area contributed by atoms with E-state index in [4.69, 9.17) is 12.2 Å². The molecular formula is C21H24N4OS. The smallest absolute Gasteiger partial charge is 0.326 e. The quantitative estimate of drug-likeness (QED) is 0.661. The number of nitrogens with zero attached hydrogens (tertiary/aromatic N) is 2. The van der Waals surface area contributed by atoms with Gasteiger partial charge in [-0.15, -0.1) is 0 Å². The summed E-state index contributed by atoms with van der Waals surface area (Å²) < 4.78 is 1.91. The van der Waals surface area contributed by atoms with Gasteiger partial charge in [0.05, 0.1) is 11.0 Å². The van der Waals surface area contributed by atoms with Gasteiger partial charge in [-0.3, -0.25) is 4.57 Å². The third-order valence-corrected chi connectivity index (χ3v) is 5.74. The number of imidazole rings is 1. The van der Waals surface area contributed by atoms with Crippen molar-refractivity contribution in [3.63, 3.8) is 0 Å². The van der Waals surface area contributed by atoms with Crippen LogP contribution in [0, 0.1) is 13.8 Å². The highest BCUT2D eigenvalue weighted by molar-refractivity contribution is 7.80. The van der Waals surface area contributed by atoms with E-state index < -0.39 is 0 Å². The van der Waals surface area contributed by atoms with Crippen molar-refractivity contribution in [2.75, 3.05) is 18.4 Å². The Morgan fingerprint density at radius 1 is 1.15 bits per heavy atom. The van der Waals surface area contributed by atoms with E-state index in [0.717, 1.165) is 47.8 Å². The molecule has 2 heterocycles. The molecule has 1 aliphatic heterocycles. The number of benzene rings is 2. The number of aryl methyl sites for hydroxylation is 2. The molecule has 5 nitrogen and oxygen atoms in total. The minimum atomic E-state index is -0.0225. The Morgan fingerprint density at radius 3 is 2.67 bits per heavy atom. The summed E-state index contributed by atoms with van der Waals surface area (Å²) in [6, 6.07) is 14.4. The molecule has 0 spiro atoms. The molecule has 1 saturated heterocycles. The monoisotopic (exact) mass is 380 g/mol. The van der Waals surface area contributed by atoms with Crippen molar-refractivity contribution in [1.29, 1.82) is 0 Å². The lowest BCUT2D eigenvalue weighted by Gasteiger charge is -2.34. The van der Waals surface area contributed by atoms with Crippen molar-refractivity contribution in [3.05, 3.63) is 64.1 Å². The first-order valence-corrected chi connectivity index (χ1v) is 9.76. The Kier molecular flexibility index (Phi) is 4.74. The van der Waals surface area contributed by atoms with Crippen molar-refractivity contribution >= 4 is 34.1 Å². The number of para-hydroxylation sites is 2. The van der Waals surface area contributed by atoms with Gasteiger partial charge < -0.3 is 15.2 Å². The molecule has 0 unspecified atom stereocenters. The van der Waals surface area contributed by atoms with Gasteiger partial charge in [0.1, 0.15) is 0 Å². The molecule has 0 amide bonds. The summed E-state index contributed by atoms with van der Waals surface area (Å²) >= 11 is 5.64. The van der Waals surface area contributed by atoms with Gasteiger partial charge in [-0.05, 0) is 68.2 Å². The molecule has 4 rings (SSSR count). The fourth-order valence-electron chi connectivity index (χ4n) is 3.83. The average molecular weight is 381 g/mol. The highest BCUT2D eigenvalue weighted by Crippen LogP contribution is 2.25. The summed E-state index contributed by atoms with van der Waals surface area (Å²) in [4.78, 5) is 17.6. The largest absolute Gasteiger partial charge is 0.349 e. The van der Waals surface area contributed by atoms with Crippen LogP contribution in [0.4, 0.5) is 5.69 Å². The van der Waals surface area contributed by atoms with Crippen LogP contribution >= 0.6 is 12.2 Å². The fourth-order valence-corrected chi connectivity index (χ4v) is 4.12. The van der Waals surface area contributed by atoms with Crippen LogP contribution in [-0.4, -0.2) is 32.7 Å². The lowest BCUT2D eigenvalue weighted by Crippen LogP contribution is -2.42. The van der Waals surface area contributed by atoms with Crippen LogP contribution in [0.15, 0.2) is 47.3 Å². The number of hydrogen-bond acceptors (Lipinski definition) is 2. The summed E-state index contributed by atoms with van der Waals surface area (Å²) in [6.45, 7) is 5.85. The summed E-state index contributed by atoms with van der Waals surface area (Å²) in [6.07, 6.45) is 1.80. The van der Waals surface area contributed by atoms with E-state index >= 15 is 0 Å². The van der Waals surface area contributed by atoms with E-state index in [1.165, 1.54) is 11.1 Å². The number of H-pyrrole nitrogens is 1. The molecule has 0 aliphatic carbocycles. The predicted molar refractivity (Wildman–Crippen MR) is 115 cm³/mol. The maximum absolute atomic E-state index is 12.4. The standard InChI is InChI=1S/C21H24N4OS/c1-14-7-8-15(2)18(13-14)23-21(27)24-11-9-16(10-12-24)25-19-6-4-3-5-17(19)22-20(25)26/h3-8,13,16H,9-12H2,1-2H3,(H,22,26)(H,23,27). The van der Waals surface area contributed by atoms with Crippen molar-refractivity contribution in [3.8, 4) is 0 Å². The van der Waals surface area contributed by atoms with Gasteiger partial charge in [-0.2, -0.15) is 0 Å². The van der Waals surface area contributed by atoms with E-state index in [1.54, 1.807) is 0 Å². The highest BCUT2D eigenvalue weighted by Gasteiger charge is 2.24. The Hall–Kier alpha value is -2.60. The highest BCUT2D eigenvalue weighted by atomic mass is 32.1. The number of rotatable bonds is 2. The molecule has 1 aromatic heterocycles. The maximum atomic E-state index is 12.4. The molecule has 0 atom stereocenters. The van der Waals surface area contributed by atoms with Crippen LogP contribution in [0.2, 0.25) is 0 Å². The van der Waals surface area contributed by atoms with E-state index in [0.29, 0.717) is 0 Å². The molecule has 1 fully saturated rings. The number of likely N-dealkylation sites (tertiary alicyclic amines) is 1. The number of aromatic nitrogens is 2. The maximum Gasteiger partial charge on any atom is 0.326 e. The van der Waals surface area contributed by atoms with Crippen molar-refractivity contribution in [2.24, 2.45) is 0 Å². The number of nitrogens with one attached hydrogen (secondary N) is 2. The van der Waals surface area contributed by atoms with Gasteiger partial charge in [0.15, 0.2) is 5.11 Å². The van der Waals surface area contributed by atoms with Crippen LogP contribution in [0.5, 0.6) is 0 Å². The molecular weight excluding hydrogens is 356 g/mol. The number of thiocarbonyl (C=S) groups is 1. The zero-order valence-corrected chi connectivity index (χ0v) is 16.5. The van der Waals surface area contributed by atoms with Crippen LogP contribution in [0.25, 0.3) is 11.0 Å². The molecule has 6 heteroatoms. The number of hydrogen-bond donors (Lipinski definition) is 2. The first-order valence-electron chi connectivity index (χ1n) is 9.35. The third kappa shape index (κ3) is 3.49. The van der Waals surface area contributed by atoms with Gasteiger partial charge in [0, 0.05) is 24.8 Å². The van der Waals surface area contributed by atoms with Gasteiger partial charge in [0.2, 0.25) is 0 Å². The zero-order chi connectivity index (χ0) is 19.0. The first kappa shape index (κ1) is 17.8. The van der Waals surface area contributed by atoms with Gasteiger partial charge in [0.25, 0.3) is 0 Å². The van der Waals surface area contributed by atoms with E-state index in [2.05, 4.69) is 47.2 Å². The summed E-state index contributed by atoms with van der Waals surface area (Å²) in [7, 11) is 0. The Morgan fingerprint density at radius 2 is 1.89 bits per heavy atom. The van der Waals surface area contributed by atoms with Crippen molar-refractivity contribution < 1.29 is 0 Å². The number of piperidine rings is 1. The molecule has 140 valence electrons. The molecule has 3 aromatic rings. The first-order chi connectivity index (χ1) is 13.0. The summed E-state index contributed by atoms with van der Waals surface area (Å²) in [5.41, 5.74) is 5.32. The average Bonchev–Trinajstić information content (AvgIpc) is 3.00. The van der Waals surface area contributed by atoms with Gasteiger partial charge in [-0.1, -0.05) is 24.3 Å². The van der Waals surface area contributed by atoms with Crippen LogP contribution in [0.1, 0.15) is 30.0 Å². The van der Waals surface area contributed by atoms with Crippen LogP contribution in [0.3, 0.4) is 0 Å². The van der Waals surface area contributed by atoms with E-state index in [-0.39, 0.29) is 11.7 Å². The second kappa shape index (κ2) is 7.19. The minimum absolute atomic E-state index is 0.0225. The molecule has 27 heavy (non-hydrogen) atoms. The van der Waals surface area contributed by atoms with Crippen molar-refractivity contribution in [1.82, 2.24) is 14.5 Å². The molecule has 0 bridgehead atoms. The lowest BCUT2D eigenvalue weighted by atomic mass is 10.0. The Labute approximate surface area is 164 Å². The van der Waals surface area contributed by atoms with E-state index in [1.807, 2.05) is 28.8 Å². The predicted octanol–water partition coefficient (Wildman–Crippen LogP) is 3.98. The third-order valence-electron chi connectivity index (χ3n) is 5.38. The lowest BCUT2D eigenvalue weighted by molar-refractivity contribution is 0.269. The second-order valence-corrected chi connectivity index (χ2v) is 7.67.